The lowest BCUT2D eigenvalue weighted by molar-refractivity contribution is -0.126. The Morgan fingerprint density at radius 3 is 2.14 bits per heavy atom. The maximum atomic E-state index is 12.2. The van der Waals surface area contributed by atoms with Crippen LogP contribution in [0.1, 0.15) is 26.7 Å². The SMILES string of the molecule is COCCN(CCOC)CC(NC(C)C)(C(N)=O)C1CC1. The number of carbonyl (C=O) groups excluding carboxylic acids is 1. The lowest BCUT2D eigenvalue weighted by Crippen LogP contribution is -2.65. The summed E-state index contributed by atoms with van der Waals surface area (Å²) >= 11 is 0. The Morgan fingerprint density at radius 2 is 1.81 bits per heavy atom. The second-order valence-electron chi connectivity index (χ2n) is 6.17. The van der Waals surface area contributed by atoms with Crippen molar-refractivity contribution in [2.75, 3.05) is 47.1 Å². The second kappa shape index (κ2) is 8.68. The smallest absolute Gasteiger partial charge is 0.239 e. The molecule has 1 aliphatic carbocycles. The zero-order valence-corrected chi connectivity index (χ0v) is 13.9. The molecule has 0 heterocycles. The summed E-state index contributed by atoms with van der Waals surface area (Å²) in [7, 11) is 3.37. The van der Waals surface area contributed by atoms with Crippen LogP contribution in [0.5, 0.6) is 0 Å². The highest BCUT2D eigenvalue weighted by molar-refractivity contribution is 5.86. The van der Waals surface area contributed by atoms with Gasteiger partial charge in [-0.2, -0.15) is 0 Å². The van der Waals surface area contributed by atoms with Gasteiger partial charge in [-0.15, -0.1) is 0 Å². The van der Waals surface area contributed by atoms with E-state index in [1.165, 1.54) is 0 Å². The van der Waals surface area contributed by atoms with Gasteiger partial charge in [-0.3, -0.25) is 15.0 Å². The first-order valence-corrected chi connectivity index (χ1v) is 7.74. The van der Waals surface area contributed by atoms with E-state index in [0.29, 0.717) is 25.7 Å². The first-order chi connectivity index (χ1) is 9.96. The van der Waals surface area contributed by atoms with Crippen LogP contribution in [-0.4, -0.2) is 69.5 Å². The minimum atomic E-state index is -0.643. The van der Waals surface area contributed by atoms with Gasteiger partial charge in [-0.25, -0.2) is 0 Å². The lowest BCUT2D eigenvalue weighted by Gasteiger charge is -2.38. The molecule has 0 aromatic heterocycles. The van der Waals surface area contributed by atoms with E-state index in [2.05, 4.69) is 24.1 Å². The fourth-order valence-electron chi connectivity index (χ4n) is 2.80. The monoisotopic (exact) mass is 301 g/mol. The molecule has 1 atom stereocenters. The van der Waals surface area contributed by atoms with Gasteiger partial charge in [0.25, 0.3) is 0 Å². The maximum Gasteiger partial charge on any atom is 0.239 e. The third-order valence-electron chi connectivity index (χ3n) is 3.96. The topological polar surface area (TPSA) is 76.8 Å². The van der Waals surface area contributed by atoms with Gasteiger partial charge in [0, 0.05) is 39.9 Å². The first kappa shape index (κ1) is 18.4. The molecule has 124 valence electrons. The molecule has 0 saturated heterocycles. The van der Waals surface area contributed by atoms with Crippen molar-refractivity contribution in [1.82, 2.24) is 10.2 Å². The number of ether oxygens (including phenoxy) is 2. The zero-order chi connectivity index (χ0) is 15.9. The fourth-order valence-corrected chi connectivity index (χ4v) is 2.80. The molecule has 6 nitrogen and oxygen atoms in total. The van der Waals surface area contributed by atoms with Crippen molar-refractivity contribution in [3.8, 4) is 0 Å². The van der Waals surface area contributed by atoms with Crippen LogP contribution in [-0.2, 0) is 14.3 Å². The molecule has 0 aliphatic heterocycles. The van der Waals surface area contributed by atoms with E-state index in [-0.39, 0.29) is 11.9 Å². The molecule has 1 fully saturated rings. The average Bonchev–Trinajstić information content (AvgIpc) is 3.24. The van der Waals surface area contributed by atoms with Gasteiger partial charge >= 0.3 is 0 Å². The molecule has 0 aromatic rings. The number of nitrogens with one attached hydrogen (secondary N) is 1. The number of methoxy groups -OCH3 is 2. The van der Waals surface area contributed by atoms with E-state index in [1.807, 2.05) is 0 Å². The molecule has 0 spiro atoms. The molecule has 1 amide bonds. The van der Waals surface area contributed by atoms with Gasteiger partial charge < -0.3 is 15.2 Å². The molecule has 0 aromatic carbocycles. The van der Waals surface area contributed by atoms with Crippen molar-refractivity contribution in [3.63, 3.8) is 0 Å². The summed E-state index contributed by atoms with van der Waals surface area (Å²) in [6.45, 7) is 7.50. The second-order valence-corrected chi connectivity index (χ2v) is 6.17. The predicted octanol–water partition coefficient (Wildman–Crippen LogP) is 0.213. The molecular formula is C15H31N3O3. The van der Waals surface area contributed by atoms with E-state index in [4.69, 9.17) is 15.2 Å². The summed E-state index contributed by atoms with van der Waals surface area (Å²) in [4.78, 5) is 14.4. The third-order valence-corrected chi connectivity index (χ3v) is 3.96. The van der Waals surface area contributed by atoms with Crippen LogP contribution >= 0.6 is 0 Å². The van der Waals surface area contributed by atoms with Gasteiger partial charge in [0.05, 0.1) is 13.2 Å². The lowest BCUT2D eigenvalue weighted by atomic mass is 9.90. The molecular weight excluding hydrogens is 270 g/mol. The quantitative estimate of drug-likeness (QED) is 0.539. The molecule has 0 radical (unpaired) electrons. The molecule has 1 aliphatic rings. The third kappa shape index (κ3) is 5.54. The van der Waals surface area contributed by atoms with Gasteiger partial charge in [0.1, 0.15) is 5.54 Å². The first-order valence-electron chi connectivity index (χ1n) is 7.74. The summed E-state index contributed by atoms with van der Waals surface area (Å²) in [5.41, 5.74) is 5.13. The number of carbonyl (C=O) groups is 1. The van der Waals surface area contributed by atoms with Crippen molar-refractivity contribution in [2.45, 2.75) is 38.3 Å². The number of hydrogen-bond donors (Lipinski definition) is 2. The van der Waals surface area contributed by atoms with Crippen molar-refractivity contribution < 1.29 is 14.3 Å². The van der Waals surface area contributed by atoms with Crippen molar-refractivity contribution in [1.29, 1.82) is 0 Å². The number of hydrogen-bond acceptors (Lipinski definition) is 5. The highest BCUT2D eigenvalue weighted by Crippen LogP contribution is 2.40. The van der Waals surface area contributed by atoms with E-state index in [9.17, 15) is 4.79 Å². The van der Waals surface area contributed by atoms with Gasteiger partial charge in [0.2, 0.25) is 5.91 Å². The van der Waals surface area contributed by atoms with Crippen LogP contribution in [0.15, 0.2) is 0 Å². The molecule has 21 heavy (non-hydrogen) atoms. The van der Waals surface area contributed by atoms with Gasteiger partial charge in [0.15, 0.2) is 0 Å². The van der Waals surface area contributed by atoms with Crippen molar-refractivity contribution in [2.24, 2.45) is 11.7 Å². The maximum absolute atomic E-state index is 12.2. The van der Waals surface area contributed by atoms with Crippen LogP contribution < -0.4 is 11.1 Å². The van der Waals surface area contributed by atoms with E-state index < -0.39 is 5.54 Å². The highest BCUT2D eigenvalue weighted by Gasteiger charge is 2.50. The van der Waals surface area contributed by atoms with E-state index in [1.54, 1.807) is 14.2 Å². The Labute approximate surface area is 128 Å². The summed E-state index contributed by atoms with van der Waals surface area (Å²) in [6, 6.07) is 0.213. The summed E-state index contributed by atoms with van der Waals surface area (Å²) in [5.74, 6) is 0.0866. The molecule has 3 N–H and O–H groups in total. The Bertz CT molecular complexity index is 313. The standard InChI is InChI=1S/C15H31N3O3/c1-12(2)17-15(14(16)19,13-5-6-13)11-18(7-9-20-3)8-10-21-4/h12-13,17H,5-11H2,1-4H3,(H2,16,19). The van der Waals surface area contributed by atoms with Crippen LogP contribution in [0.25, 0.3) is 0 Å². The average molecular weight is 301 g/mol. The molecule has 6 heteroatoms. The largest absolute Gasteiger partial charge is 0.383 e. The predicted molar refractivity (Wildman–Crippen MR) is 83.1 cm³/mol. The molecule has 1 rings (SSSR count). The van der Waals surface area contributed by atoms with Crippen molar-refractivity contribution in [3.05, 3.63) is 0 Å². The minimum absolute atomic E-state index is 0.213. The zero-order valence-electron chi connectivity index (χ0n) is 13.9. The van der Waals surface area contributed by atoms with E-state index >= 15 is 0 Å². The van der Waals surface area contributed by atoms with Gasteiger partial charge in [-0.05, 0) is 32.6 Å². The Kier molecular flexibility index (Phi) is 7.59. The van der Waals surface area contributed by atoms with Crippen LogP contribution in [0.2, 0.25) is 0 Å². The van der Waals surface area contributed by atoms with Crippen LogP contribution in [0, 0.1) is 5.92 Å². The number of rotatable bonds is 12. The number of nitrogens with zero attached hydrogens (tertiary/aromatic N) is 1. The summed E-state index contributed by atoms with van der Waals surface area (Å²) in [5, 5.41) is 3.44. The molecule has 1 unspecified atom stereocenters. The summed E-state index contributed by atoms with van der Waals surface area (Å²) < 4.78 is 10.3. The Balaban J connectivity index is 2.81. The minimum Gasteiger partial charge on any atom is -0.383 e. The van der Waals surface area contributed by atoms with Crippen LogP contribution in [0.3, 0.4) is 0 Å². The number of primary amides is 1. The number of amides is 1. The van der Waals surface area contributed by atoms with Crippen LogP contribution in [0.4, 0.5) is 0 Å². The van der Waals surface area contributed by atoms with Gasteiger partial charge in [-0.1, -0.05) is 0 Å². The fraction of sp³-hybridized carbons (Fsp3) is 0.933. The summed E-state index contributed by atoms with van der Waals surface area (Å²) in [6.07, 6.45) is 2.12. The normalized spacial score (nSPS) is 18.2. The Morgan fingerprint density at radius 1 is 1.29 bits per heavy atom. The van der Waals surface area contributed by atoms with E-state index in [0.717, 1.165) is 25.9 Å². The molecule has 1 saturated carbocycles. The molecule has 0 bridgehead atoms. The Hall–Kier alpha value is -0.690. The number of nitrogens with two attached hydrogens (primary N) is 1. The van der Waals surface area contributed by atoms with Crippen molar-refractivity contribution >= 4 is 5.91 Å². The highest BCUT2D eigenvalue weighted by atomic mass is 16.5.